The lowest BCUT2D eigenvalue weighted by atomic mass is 10.0. The summed E-state index contributed by atoms with van der Waals surface area (Å²) < 4.78 is 0. The van der Waals surface area contributed by atoms with Crippen molar-refractivity contribution in [2.75, 3.05) is 16.8 Å². The number of hydrogen-bond donors (Lipinski definition) is 1. The molecule has 0 spiro atoms. The van der Waals surface area contributed by atoms with Crippen LogP contribution in [0.2, 0.25) is 0 Å². The molecule has 1 fully saturated rings. The second kappa shape index (κ2) is 7.89. The van der Waals surface area contributed by atoms with Gasteiger partial charge in [-0.3, -0.25) is 9.78 Å². The zero-order chi connectivity index (χ0) is 21.5. The maximum Gasteiger partial charge on any atom is 0.266 e. The zero-order valence-electron chi connectivity index (χ0n) is 18.0. The van der Waals surface area contributed by atoms with Gasteiger partial charge in [-0.2, -0.15) is 0 Å². The lowest BCUT2D eigenvalue weighted by molar-refractivity contribution is 0.103. The molecule has 7 heteroatoms. The van der Waals surface area contributed by atoms with Crippen molar-refractivity contribution >= 4 is 49.9 Å². The second-order valence-corrected chi connectivity index (χ2v) is 9.24. The Bertz CT molecular complexity index is 1300. The highest BCUT2D eigenvalue weighted by atomic mass is 32.1. The van der Waals surface area contributed by atoms with E-state index in [9.17, 15) is 4.79 Å². The fourth-order valence-electron chi connectivity index (χ4n) is 4.39. The van der Waals surface area contributed by atoms with Gasteiger partial charge in [-0.15, -0.1) is 11.3 Å². The Morgan fingerprint density at radius 2 is 2.03 bits per heavy atom. The largest absolute Gasteiger partial charge is 0.353 e. The van der Waals surface area contributed by atoms with Crippen LogP contribution in [-0.4, -0.2) is 33.4 Å². The number of nitrogens with one attached hydrogen (secondary N) is 1. The van der Waals surface area contributed by atoms with E-state index in [1.807, 2.05) is 44.2 Å². The summed E-state index contributed by atoms with van der Waals surface area (Å²) in [6.07, 6.45) is 5.28. The minimum Gasteiger partial charge on any atom is -0.353 e. The molecule has 4 heterocycles. The number of hydrogen-bond acceptors (Lipinski definition) is 6. The summed E-state index contributed by atoms with van der Waals surface area (Å²) in [5.74, 6) is 1.58. The van der Waals surface area contributed by atoms with Gasteiger partial charge in [-0.1, -0.05) is 18.2 Å². The third kappa shape index (κ3) is 3.63. The molecule has 1 amide bonds. The molecule has 158 valence electrons. The number of pyridine rings is 1. The first-order chi connectivity index (χ1) is 15.0. The Morgan fingerprint density at radius 1 is 1.19 bits per heavy atom. The fraction of sp³-hybridized carbons (Fsp3) is 0.333. The van der Waals surface area contributed by atoms with Crippen LogP contribution in [-0.2, 0) is 0 Å². The Morgan fingerprint density at radius 3 is 2.87 bits per heavy atom. The molecule has 0 radical (unpaired) electrons. The van der Waals surface area contributed by atoms with Crippen LogP contribution in [0.5, 0.6) is 0 Å². The maximum absolute atomic E-state index is 13.2. The van der Waals surface area contributed by atoms with Crippen LogP contribution in [0.15, 0.2) is 36.5 Å². The van der Waals surface area contributed by atoms with Gasteiger partial charge < -0.3 is 10.2 Å². The van der Waals surface area contributed by atoms with Crippen LogP contribution in [0.1, 0.15) is 47.2 Å². The van der Waals surface area contributed by atoms with Gasteiger partial charge in [0.2, 0.25) is 0 Å². The van der Waals surface area contributed by atoms with Gasteiger partial charge in [-0.25, -0.2) is 9.97 Å². The van der Waals surface area contributed by atoms with E-state index in [-0.39, 0.29) is 5.91 Å². The number of aryl methyl sites for hydroxylation is 2. The third-order valence-corrected chi connectivity index (χ3v) is 7.20. The number of aromatic nitrogens is 3. The molecule has 6 nitrogen and oxygen atoms in total. The number of carbonyl (C=O) groups is 1. The van der Waals surface area contributed by atoms with E-state index in [4.69, 9.17) is 4.98 Å². The second-order valence-electron chi connectivity index (χ2n) is 8.24. The summed E-state index contributed by atoms with van der Waals surface area (Å²) in [5, 5.41) is 5.02. The SMILES string of the molecule is Cc1nc(N2CCCCC2C)c2c(C)c(C(=O)Nc3cnc4ccccc4c3)sc2n1. The molecular weight excluding hydrogens is 406 g/mol. The summed E-state index contributed by atoms with van der Waals surface area (Å²) in [7, 11) is 0. The minimum absolute atomic E-state index is 0.132. The highest BCUT2D eigenvalue weighted by Crippen LogP contribution is 2.37. The highest BCUT2D eigenvalue weighted by Gasteiger charge is 2.26. The monoisotopic (exact) mass is 431 g/mol. The number of anilines is 2. The maximum atomic E-state index is 13.2. The quantitative estimate of drug-likeness (QED) is 0.465. The van der Waals surface area contributed by atoms with Gasteiger partial charge in [0.1, 0.15) is 16.5 Å². The van der Waals surface area contributed by atoms with E-state index in [1.165, 1.54) is 24.2 Å². The van der Waals surface area contributed by atoms with Crippen LogP contribution < -0.4 is 10.2 Å². The van der Waals surface area contributed by atoms with Gasteiger partial charge >= 0.3 is 0 Å². The molecule has 1 aliphatic heterocycles. The topological polar surface area (TPSA) is 71.0 Å². The van der Waals surface area contributed by atoms with Gasteiger partial charge in [-0.05, 0) is 57.7 Å². The van der Waals surface area contributed by atoms with Crippen LogP contribution in [0.3, 0.4) is 0 Å². The van der Waals surface area contributed by atoms with Crippen molar-refractivity contribution in [1.29, 1.82) is 0 Å². The molecule has 0 aliphatic carbocycles. The van der Waals surface area contributed by atoms with Gasteiger partial charge in [0, 0.05) is 18.0 Å². The number of fused-ring (bicyclic) bond motifs is 2. The fourth-order valence-corrected chi connectivity index (χ4v) is 5.50. The van der Waals surface area contributed by atoms with E-state index in [0.717, 1.165) is 51.3 Å². The smallest absolute Gasteiger partial charge is 0.266 e. The van der Waals surface area contributed by atoms with Crippen molar-refractivity contribution in [2.24, 2.45) is 0 Å². The molecule has 0 bridgehead atoms. The van der Waals surface area contributed by atoms with E-state index >= 15 is 0 Å². The zero-order valence-corrected chi connectivity index (χ0v) is 18.8. The number of amides is 1. The van der Waals surface area contributed by atoms with E-state index in [0.29, 0.717) is 16.6 Å². The molecule has 31 heavy (non-hydrogen) atoms. The molecule has 1 N–H and O–H groups in total. The first kappa shape index (κ1) is 19.9. The molecular formula is C24H25N5OS. The van der Waals surface area contributed by atoms with Crippen LogP contribution in [0.25, 0.3) is 21.1 Å². The van der Waals surface area contributed by atoms with Crippen molar-refractivity contribution in [3.63, 3.8) is 0 Å². The van der Waals surface area contributed by atoms with Crippen LogP contribution in [0.4, 0.5) is 11.5 Å². The number of thiophene rings is 1. The molecule has 1 atom stereocenters. The lowest BCUT2D eigenvalue weighted by Gasteiger charge is -2.35. The average molecular weight is 432 g/mol. The van der Waals surface area contributed by atoms with Crippen molar-refractivity contribution in [1.82, 2.24) is 15.0 Å². The summed E-state index contributed by atoms with van der Waals surface area (Å²) in [6, 6.07) is 10.3. The first-order valence-electron chi connectivity index (χ1n) is 10.7. The average Bonchev–Trinajstić information content (AvgIpc) is 3.10. The summed E-state index contributed by atoms with van der Waals surface area (Å²) in [4.78, 5) is 31.0. The Hall–Kier alpha value is -3.06. The van der Waals surface area contributed by atoms with Crippen LogP contribution >= 0.6 is 11.3 Å². The molecule has 1 aromatic carbocycles. The molecule has 1 saturated heterocycles. The number of carbonyl (C=O) groups excluding carboxylic acids is 1. The standard InChI is InChI=1S/C24H25N5OS/c1-14-8-6-7-11-29(14)22-20-15(2)21(31-24(20)27-16(3)26-22)23(30)28-18-12-17-9-4-5-10-19(17)25-13-18/h4-5,9-10,12-14H,6-8,11H2,1-3H3,(H,28,30). The van der Waals surface area contributed by atoms with Crippen molar-refractivity contribution in [2.45, 2.75) is 46.1 Å². The minimum atomic E-state index is -0.132. The summed E-state index contributed by atoms with van der Waals surface area (Å²) in [5.41, 5.74) is 2.54. The van der Waals surface area contributed by atoms with Crippen molar-refractivity contribution in [3.8, 4) is 0 Å². The van der Waals surface area contributed by atoms with Gasteiger partial charge in [0.15, 0.2) is 0 Å². The highest BCUT2D eigenvalue weighted by molar-refractivity contribution is 7.20. The summed E-state index contributed by atoms with van der Waals surface area (Å²) >= 11 is 1.44. The van der Waals surface area contributed by atoms with E-state index in [1.54, 1.807) is 6.20 Å². The Balaban J connectivity index is 1.53. The number of benzene rings is 1. The van der Waals surface area contributed by atoms with Gasteiger partial charge in [0.25, 0.3) is 5.91 Å². The predicted molar refractivity (Wildman–Crippen MR) is 127 cm³/mol. The molecule has 0 saturated carbocycles. The molecule has 1 aliphatic rings. The van der Waals surface area contributed by atoms with Crippen molar-refractivity contribution < 1.29 is 4.79 Å². The normalized spacial score (nSPS) is 16.7. The third-order valence-electron chi connectivity index (χ3n) is 6.01. The predicted octanol–water partition coefficient (Wildman–Crippen LogP) is 5.49. The Labute approximate surface area is 185 Å². The molecule has 1 unspecified atom stereocenters. The first-order valence-corrected chi connectivity index (χ1v) is 11.5. The molecule has 4 aromatic rings. The van der Waals surface area contributed by atoms with Crippen LogP contribution in [0, 0.1) is 13.8 Å². The van der Waals surface area contributed by atoms with Gasteiger partial charge in [0.05, 0.1) is 27.7 Å². The lowest BCUT2D eigenvalue weighted by Crippen LogP contribution is -2.38. The molecule has 5 rings (SSSR count). The number of nitrogens with zero attached hydrogens (tertiary/aromatic N) is 4. The Kier molecular flexibility index (Phi) is 5.06. The van der Waals surface area contributed by atoms with E-state index in [2.05, 4.69) is 27.1 Å². The van der Waals surface area contributed by atoms with Crippen molar-refractivity contribution in [3.05, 3.63) is 52.8 Å². The molecule has 3 aromatic heterocycles. The van der Waals surface area contributed by atoms with E-state index < -0.39 is 0 Å². The number of rotatable bonds is 3. The summed E-state index contributed by atoms with van der Waals surface area (Å²) in [6.45, 7) is 7.17. The number of piperidine rings is 1. The number of para-hydroxylation sites is 1.